The Hall–Kier alpha value is -3.60. The molecular formula is C27H27N3O2. The minimum atomic E-state index is -0.219. The average Bonchev–Trinajstić information content (AvgIpc) is 3.22. The van der Waals surface area contributed by atoms with E-state index < -0.39 is 0 Å². The highest BCUT2D eigenvalue weighted by Crippen LogP contribution is 2.45. The highest BCUT2D eigenvalue weighted by atomic mass is 16.6. The third-order valence-electron chi connectivity index (χ3n) is 6.27. The number of nitrogens with one attached hydrogen (secondary N) is 1. The molecule has 0 saturated carbocycles. The van der Waals surface area contributed by atoms with Gasteiger partial charge in [-0.25, -0.2) is 9.79 Å². The first-order chi connectivity index (χ1) is 15.7. The van der Waals surface area contributed by atoms with Crippen molar-refractivity contribution in [2.75, 3.05) is 25.0 Å². The maximum atomic E-state index is 12.3. The molecule has 3 aromatic rings. The van der Waals surface area contributed by atoms with E-state index in [9.17, 15) is 4.79 Å². The molecular weight excluding hydrogens is 398 g/mol. The van der Waals surface area contributed by atoms with Gasteiger partial charge in [0.15, 0.2) is 0 Å². The fourth-order valence-corrected chi connectivity index (χ4v) is 4.73. The molecule has 0 radical (unpaired) electrons. The normalized spacial score (nSPS) is 18.8. The fraction of sp³-hybridized carbons (Fsp3) is 0.259. The highest BCUT2D eigenvalue weighted by Gasteiger charge is 2.39. The number of hydrogen-bond donors (Lipinski definition) is 1. The molecule has 2 aliphatic heterocycles. The monoisotopic (exact) mass is 425 g/mol. The number of amides is 1. The molecule has 2 atom stereocenters. The molecule has 2 heterocycles. The predicted molar refractivity (Wildman–Crippen MR) is 128 cm³/mol. The van der Waals surface area contributed by atoms with E-state index in [0.717, 1.165) is 34.6 Å². The first-order valence-electron chi connectivity index (χ1n) is 11.2. The van der Waals surface area contributed by atoms with Gasteiger partial charge in [0.1, 0.15) is 0 Å². The molecule has 0 unspecified atom stereocenters. The second kappa shape index (κ2) is 8.87. The summed E-state index contributed by atoms with van der Waals surface area (Å²) in [6.45, 7) is 3.62. The summed E-state index contributed by atoms with van der Waals surface area (Å²) >= 11 is 0. The van der Waals surface area contributed by atoms with Crippen LogP contribution in [0.25, 0.3) is 0 Å². The van der Waals surface area contributed by atoms with Crippen molar-refractivity contribution in [1.29, 1.82) is 0 Å². The van der Waals surface area contributed by atoms with E-state index in [1.54, 1.807) is 0 Å². The second-order valence-corrected chi connectivity index (χ2v) is 8.22. The van der Waals surface area contributed by atoms with Crippen LogP contribution in [0.3, 0.4) is 0 Å². The van der Waals surface area contributed by atoms with Crippen molar-refractivity contribution in [3.8, 4) is 0 Å². The molecule has 1 saturated heterocycles. The van der Waals surface area contributed by atoms with Gasteiger partial charge in [0.2, 0.25) is 0 Å². The molecule has 5 heteroatoms. The number of benzene rings is 3. The van der Waals surface area contributed by atoms with Gasteiger partial charge >= 0.3 is 6.09 Å². The number of carbonyl (C=O) groups excluding carboxylic acids is 1. The van der Waals surface area contributed by atoms with E-state index >= 15 is 0 Å². The number of hydrogen-bond acceptors (Lipinski definition) is 4. The summed E-state index contributed by atoms with van der Waals surface area (Å²) in [7, 11) is 0. The molecule has 5 nitrogen and oxygen atoms in total. The van der Waals surface area contributed by atoms with Crippen LogP contribution in [0.5, 0.6) is 0 Å². The molecule has 1 fully saturated rings. The van der Waals surface area contributed by atoms with Crippen LogP contribution in [-0.4, -0.2) is 42.4 Å². The summed E-state index contributed by atoms with van der Waals surface area (Å²) in [5, 5.41) is 3.72. The van der Waals surface area contributed by atoms with Crippen LogP contribution in [0.4, 0.5) is 16.2 Å². The molecule has 1 N–H and O–H groups in total. The number of ether oxygens (including phenoxy) is 1. The maximum absolute atomic E-state index is 12.3. The molecule has 5 rings (SSSR count). The van der Waals surface area contributed by atoms with Crippen molar-refractivity contribution >= 4 is 23.2 Å². The van der Waals surface area contributed by atoms with E-state index in [1.165, 1.54) is 5.56 Å². The van der Waals surface area contributed by atoms with Crippen LogP contribution in [0.2, 0.25) is 0 Å². The minimum Gasteiger partial charge on any atom is -0.450 e. The molecule has 0 bridgehead atoms. The topological polar surface area (TPSA) is 53.9 Å². The minimum absolute atomic E-state index is 0.219. The van der Waals surface area contributed by atoms with Crippen molar-refractivity contribution in [3.05, 3.63) is 95.6 Å². The second-order valence-electron chi connectivity index (χ2n) is 8.22. The number of piperidine rings is 1. The molecule has 0 aliphatic carbocycles. The standard InChI is InChI=1S/C27H27N3O2/c1-2-32-27(31)30-17-16-23-22(18-30)21-14-9-15-24(26(21)28-23)29-25(19-10-5-3-6-11-19)20-12-7-4-8-13-20/h3-15,22-23,28H,2,16-18H2,1H3/t22-,23-/m0/s1. The molecule has 2 aliphatic rings. The number of likely N-dealkylation sites (tertiary alicyclic amines) is 1. The van der Waals surface area contributed by atoms with Crippen molar-refractivity contribution in [2.24, 2.45) is 4.99 Å². The van der Waals surface area contributed by atoms with E-state index in [0.29, 0.717) is 25.7 Å². The van der Waals surface area contributed by atoms with Gasteiger partial charge in [-0.05, 0) is 25.0 Å². The van der Waals surface area contributed by atoms with E-state index in [2.05, 4.69) is 47.8 Å². The average molecular weight is 426 g/mol. The van der Waals surface area contributed by atoms with Crippen molar-refractivity contribution in [3.63, 3.8) is 0 Å². The van der Waals surface area contributed by atoms with Gasteiger partial charge in [0, 0.05) is 36.2 Å². The lowest BCUT2D eigenvalue weighted by atomic mass is 9.89. The Kier molecular flexibility index (Phi) is 5.63. The van der Waals surface area contributed by atoms with E-state index in [-0.39, 0.29) is 12.0 Å². The van der Waals surface area contributed by atoms with Gasteiger partial charge in [-0.15, -0.1) is 0 Å². The summed E-state index contributed by atoms with van der Waals surface area (Å²) in [5.74, 6) is 0.246. The zero-order valence-corrected chi connectivity index (χ0v) is 18.2. The Morgan fingerprint density at radius 1 is 1.00 bits per heavy atom. The van der Waals surface area contributed by atoms with Crippen molar-refractivity contribution < 1.29 is 9.53 Å². The number of anilines is 1. The molecule has 3 aromatic carbocycles. The molecule has 162 valence electrons. The Morgan fingerprint density at radius 3 is 2.34 bits per heavy atom. The maximum Gasteiger partial charge on any atom is 0.409 e. The predicted octanol–water partition coefficient (Wildman–Crippen LogP) is 5.60. The number of para-hydroxylation sites is 1. The van der Waals surface area contributed by atoms with Crippen LogP contribution < -0.4 is 5.32 Å². The quantitative estimate of drug-likeness (QED) is 0.554. The third-order valence-corrected chi connectivity index (χ3v) is 6.27. The first kappa shape index (κ1) is 20.3. The van der Waals surface area contributed by atoms with Gasteiger partial charge in [0.25, 0.3) is 0 Å². The van der Waals surface area contributed by atoms with E-state index in [4.69, 9.17) is 9.73 Å². The van der Waals surface area contributed by atoms with Crippen molar-refractivity contribution in [1.82, 2.24) is 4.90 Å². The zero-order valence-electron chi connectivity index (χ0n) is 18.2. The first-order valence-corrected chi connectivity index (χ1v) is 11.2. The molecule has 1 amide bonds. The summed E-state index contributed by atoms with van der Waals surface area (Å²) in [6.07, 6.45) is 0.676. The Bertz CT molecular complexity index is 1090. The number of rotatable bonds is 4. The number of aliphatic imine (C=N–C) groups is 1. The van der Waals surface area contributed by atoms with Gasteiger partial charge in [0.05, 0.1) is 23.7 Å². The number of nitrogens with zero attached hydrogens (tertiary/aromatic N) is 2. The van der Waals surface area contributed by atoms with Gasteiger partial charge in [-0.1, -0.05) is 72.8 Å². The molecule has 0 spiro atoms. The van der Waals surface area contributed by atoms with Crippen LogP contribution in [-0.2, 0) is 4.74 Å². The van der Waals surface area contributed by atoms with Crippen LogP contribution >= 0.6 is 0 Å². The van der Waals surface area contributed by atoms with Crippen LogP contribution in [0, 0.1) is 0 Å². The zero-order chi connectivity index (χ0) is 21.9. The SMILES string of the molecule is CCOC(=O)N1CC[C@@H]2Nc3c(N=C(c4ccccc4)c4ccccc4)cccc3[C@@H]2C1. The Labute approximate surface area is 188 Å². The van der Waals surface area contributed by atoms with Gasteiger partial charge in [-0.3, -0.25) is 0 Å². The summed E-state index contributed by atoms with van der Waals surface area (Å²) in [4.78, 5) is 19.3. The Balaban J connectivity index is 1.52. The summed E-state index contributed by atoms with van der Waals surface area (Å²) < 4.78 is 5.24. The van der Waals surface area contributed by atoms with Gasteiger partial charge < -0.3 is 15.0 Å². The summed E-state index contributed by atoms with van der Waals surface area (Å²) in [5.41, 5.74) is 6.36. The third kappa shape index (κ3) is 3.86. The van der Waals surface area contributed by atoms with Crippen LogP contribution in [0.1, 0.15) is 36.0 Å². The smallest absolute Gasteiger partial charge is 0.409 e. The molecule has 0 aromatic heterocycles. The lowest BCUT2D eigenvalue weighted by molar-refractivity contribution is 0.0949. The number of fused-ring (bicyclic) bond motifs is 3. The largest absolute Gasteiger partial charge is 0.450 e. The lowest BCUT2D eigenvalue weighted by Gasteiger charge is -2.34. The summed E-state index contributed by atoms with van der Waals surface area (Å²) in [6, 6.07) is 27.2. The van der Waals surface area contributed by atoms with Crippen LogP contribution in [0.15, 0.2) is 83.9 Å². The fourth-order valence-electron chi connectivity index (χ4n) is 4.73. The lowest BCUT2D eigenvalue weighted by Crippen LogP contribution is -2.45. The Morgan fingerprint density at radius 2 is 1.69 bits per heavy atom. The van der Waals surface area contributed by atoms with Crippen molar-refractivity contribution in [2.45, 2.75) is 25.3 Å². The molecule has 32 heavy (non-hydrogen) atoms. The number of carbonyl (C=O) groups is 1. The highest BCUT2D eigenvalue weighted by molar-refractivity contribution is 6.14. The van der Waals surface area contributed by atoms with E-state index in [1.807, 2.05) is 48.2 Å². The van der Waals surface area contributed by atoms with Gasteiger partial charge in [-0.2, -0.15) is 0 Å².